The second-order valence-electron chi connectivity index (χ2n) is 5.71. The Morgan fingerprint density at radius 3 is 1.41 bits per heavy atom. The lowest BCUT2D eigenvalue weighted by Gasteiger charge is -2.14. The summed E-state index contributed by atoms with van der Waals surface area (Å²) in [6.07, 6.45) is 14.7. The zero-order chi connectivity index (χ0) is 12.8. The summed E-state index contributed by atoms with van der Waals surface area (Å²) < 4.78 is 0. The lowest BCUT2D eigenvalue weighted by Crippen LogP contribution is -2.11. The van der Waals surface area contributed by atoms with Gasteiger partial charge in [0.2, 0.25) is 0 Å². The molecule has 0 aromatic rings. The van der Waals surface area contributed by atoms with E-state index in [2.05, 4.69) is 20.8 Å². The van der Waals surface area contributed by atoms with Crippen molar-refractivity contribution in [1.82, 2.24) is 0 Å². The van der Waals surface area contributed by atoms with Crippen LogP contribution in [0.15, 0.2) is 0 Å². The maximum atomic E-state index is 2.34. The first-order valence-electron chi connectivity index (χ1n) is 8.35. The molecule has 0 spiro atoms. The van der Waals surface area contributed by atoms with Gasteiger partial charge in [-0.1, -0.05) is 103 Å². The molecule has 0 aliphatic carbocycles. The molecule has 0 aliphatic rings. The molecule has 0 saturated heterocycles. The van der Waals surface area contributed by atoms with Crippen LogP contribution >= 0.6 is 0 Å². The second-order valence-corrected chi connectivity index (χ2v) is 9.17. The normalized spacial score (nSPS) is 11.3. The van der Waals surface area contributed by atoms with Gasteiger partial charge in [-0.05, 0) is 0 Å². The van der Waals surface area contributed by atoms with Gasteiger partial charge in [0, 0.05) is 8.80 Å². The standard InChI is InChI=1S/C16H36Si/c1-4-7-10-11-12-13-16-17(14-8-5-2)15-9-6-3/h17H,4-16H2,1-3H3. The van der Waals surface area contributed by atoms with Crippen LogP contribution in [-0.4, -0.2) is 8.80 Å². The van der Waals surface area contributed by atoms with E-state index in [1.54, 1.807) is 24.6 Å². The Kier molecular flexibility index (Phi) is 14.5. The Bertz CT molecular complexity index is 125. The van der Waals surface area contributed by atoms with Crippen LogP contribution < -0.4 is 0 Å². The smallest absolute Gasteiger partial charge is 0.0367 e. The predicted octanol–water partition coefficient (Wildman–Crippen LogP) is 6.17. The van der Waals surface area contributed by atoms with Gasteiger partial charge in [0.15, 0.2) is 0 Å². The third kappa shape index (κ3) is 12.5. The number of unbranched alkanes of at least 4 members (excludes halogenated alkanes) is 7. The molecule has 0 heterocycles. The molecule has 104 valence electrons. The molecule has 0 aromatic heterocycles. The van der Waals surface area contributed by atoms with Crippen LogP contribution in [0.1, 0.15) is 85.0 Å². The summed E-state index contributed by atoms with van der Waals surface area (Å²) in [6.45, 7) is 6.99. The maximum absolute atomic E-state index is 2.34. The Labute approximate surface area is 112 Å². The minimum absolute atomic E-state index is 0.328. The van der Waals surface area contributed by atoms with E-state index < -0.39 is 0 Å². The minimum Gasteiger partial charge on any atom is -0.0654 e. The van der Waals surface area contributed by atoms with Crippen molar-refractivity contribution in [3.8, 4) is 0 Å². The highest BCUT2D eigenvalue weighted by Crippen LogP contribution is 2.17. The Balaban J connectivity index is 3.45. The lowest BCUT2D eigenvalue weighted by molar-refractivity contribution is 0.622. The van der Waals surface area contributed by atoms with E-state index in [0.29, 0.717) is 0 Å². The van der Waals surface area contributed by atoms with Crippen LogP contribution in [0.25, 0.3) is 0 Å². The molecule has 0 aliphatic heterocycles. The van der Waals surface area contributed by atoms with Crippen LogP contribution in [-0.2, 0) is 0 Å². The van der Waals surface area contributed by atoms with Crippen LogP contribution in [0.2, 0.25) is 18.1 Å². The van der Waals surface area contributed by atoms with Crippen molar-refractivity contribution in [1.29, 1.82) is 0 Å². The summed E-state index contributed by atoms with van der Waals surface area (Å²) >= 11 is 0. The van der Waals surface area contributed by atoms with Gasteiger partial charge in [-0.3, -0.25) is 0 Å². The van der Waals surface area contributed by atoms with Gasteiger partial charge in [-0.15, -0.1) is 0 Å². The summed E-state index contributed by atoms with van der Waals surface area (Å²) in [5.74, 6) is 0. The molecule has 0 N–H and O–H groups in total. The van der Waals surface area contributed by atoms with E-state index in [1.807, 2.05) is 0 Å². The fraction of sp³-hybridized carbons (Fsp3) is 1.00. The minimum atomic E-state index is -0.328. The number of hydrogen-bond donors (Lipinski definition) is 0. The summed E-state index contributed by atoms with van der Waals surface area (Å²) in [5, 5.41) is 0. The molecule has 0 unspecified atom stereocenters. The van der Waals surface area contributed by atoms with Gasteiger partial charge < -0.3 is 0 Å². The summed E-state index contributed by atoms with van der Waals surface area (Å²) in [7, 11) is -0.328. The second kappa shape index (κ2) is 14.3. The third-order valence-corrected chi connectivity index (χ3v) is 7.57. The van der Waals surface area contributed by atoms with Crippen molar-refractivity contribution in [3.05, 3.63) is 0 Å². The van der Waals surface area contributed by atoms with Crippen molar-refractivity contribution < 1.29 is 0 Å². The Morgan fingerprint density at radius 1 is 0.471 bits per heavy atom. The molecule has 0 amide bonds. The molecule has 0 rings (SSSR count). The first kappa shape index (κ1) is 17.2. The van der Waals surface area contributed by atoms with Crippen LogP contribution in [0.4, 0.5) is 0 Å². The highest BCUT2D eigenvalue weighted by Gasteiger charge is 2.09. The summed E-state index contributed by atoms with van der Waals surface area (Å²) in [4.78, 5) is 0. The van der Waals surface area contributed by atoms with Crippen molar-refractivity contribution in [2.24, 2.45) is 0 Å². The molecule has 0 nitrogen and oxygen atoms in total. The number of hydrogen-bond acceptors (Lipinski definition) is 0. The summed E-state index contributed by atoms with van der Waals surface area (Å²) in [5.41, 5.74) is 0. The predicted molar refractivity (Wildman–Crippen MR) is 84.8 cm³/mol. The van der Waals surface area contributed by atoms with Crippen LogP contribution in [0.5, 0.6) is 0 Å². The van der Waals surface area contributed by atoms with Crippen LogP contribution in [0.3, 0.4) is 0 Å². The average molecular weight is 257 g/mol. The first-order chi connectivity index (χ1) is 8.35. The van der Waals surface area contributed by atoms with Crippen molar-refractivity contribution in [3.63, 3.8) is 0 Å². The quantitative estimate of drug-likeness (QED) is 0.273. The zero-order valence-electron chi connectivity index (χ0n) is 12.8. The highest BCUT2D eigenvalue weighted by molar-refractivity contribution is 6.58. The topological polar surface area (TPSA) is 0 Å². The fourth-order valence-corrected chi connectivity index (χ4v) is 6.34. The van der Waals surface area contributed by atoms with Gasteiger partial charge in [0.1, 0.15) is 0 Å². The van der Waals surface area contributed by atoms with E-state index in [0.717, 1.165) is 0 Å². The lowest BCUT2D eigenvalue weighted by atomic mass is 10.1. The van der Waals surface area contributed by atoms with Gasteiger partial charge in [-0.2, -0.15) is 0 Å². The SMILES string of the molecule is CCCCCCCC[SiH](CCCC)CCCC. The van der Waals surface area contributed by atoms with Crippen molar-refractivity contribution >= 4 is 8.80 Å². The first-order valence-corrected chi connectivity index (χ1v) is 10.8. The highest BCUT2D eigenvalue weighted by atomic mass is 28.3. The maximum Gasteiger partial charge on any atom is 0.0367 e. The molecule has 0 atom stereocenters. The van der Waals surface area contributed by atoms with E-state index in [4.69, 9.17) is 0 Å². The fourth-order valence-electron chi connectivity index (χ4n) is 2.63. The average Bonchev–Trinajstić information content (AvgIpc) is 2.35. The molecular weight excluding hydrogens is 220 g/mol. The zero-order valence-corrected chi connectivity index (χ0v) is 13.9. The molecule has 0 radical (unpaired) electrons. The largest absolute Gasteiger partial charge is 0.0654 e. The van der Waals surface area contributed by atoms with Crippen LogP contribution in [0, 0.1) is 0 Å². The molecule has 1 heteroatoms. The molecule has 0 bridgehead atoms. The summed E-state index contributed by atoms with van der Waals surface area (Å²) in [6, 6.07) is 4.91. The molecule has 0 aromatic carbocycles. The van der Waals surface area contributed by atoms with Gasteiger partial charge >= 0.3 is 0 Å². The van der Waals surface area contributed by atoms with E-state index in [-0.39, 0.29) is 8.80 Å². The van der Waals surface area contributed by atoms with Gasteiger partial charge in [0.25, 0.3) is 0 Å². The molecule has 17 heavy (non-hydrogen) atoms. The molecule has 0 saturated carbocycles. The number of rotatable bonds is 13. The Hall–Kier alpha value is 0.217. The monoisotopic (exact) mass is 256 g/mol. The van der Waals surface area contributed by atoms with Gasteiger partial charge in [0.05, 0.1) is 0 Å². The molecular formula is C16H36Si. The Morgan fingerprint density at radius 2 is 0.882 bits per heavy atom. The van der Waals surface area contributed by atoms with Crippen molar-refractivity contribution in [2.45, 2.75) is 103 Å². The van der Waals surface area contributed by atoms with Gasteiger partial charge in [-0.25, -0.2) is 0 Å². The van der Waals surface area contributed by atoms with E-state index in [1.165, 1.54) is 57.8 Å². The van der Waals surface area contributed by atoms with E-state index >= 15 is 0 Å². The molecule has 0 fully saturated rings. The van der Waals surface area contributed by atoms with Crippen molar-refractivity contribution in [2.75, 3.05) is 0 Å². The van der Waals surface area contributed by atoms with E-state index in [9.17, 15) is 0 Å². The third-order valence-electron chi connectivity index (χ3n) is 3.90.